The first-order valence-corrected chi connectivity index (χ1v) is 16.0. The molecule has 0 heterocycles. The van der Waals surface area contributed by atoms with E-state index in [-0.39, 0.29) is 29.1 Å². The van der Waals surface area contributed by atoms with Gasteiger partial charge in [-0.15, -0.1) is 0 Å². The second-order valence-corrected chi connectivity index (χ2v) is 13.3. The monoisotopic (exact) mass is 643 g/mol. The van der Waals surface area contributed by atoms with E-state index in [1.807, 2.05) is 31.2 Å². The molecule has 0 aliphatic heterocycles. The number of rotatable bonds is 10. The zero-order valence-electron chi connectivity index (χ0n) is 23.2. The van der Waals surface area contributed by atoms with Crippen LogP contribution in [0.2, 0.25) is 0 Å². The number of nitrogens with one attached hydrogen (secondary N) is 1. The van der Waals surface area contributed by atoms with Crippen molar-refractivity contribution in [2.45, 2.75) is 69.5 Å². The highest BCUT2D eigenvalue weighted by atomic mass is 79.9. The third-order valence-corrected chi connectivity index (χ3v) is 9.64. The molecule has 2 amide bonds. The van der Waals surface area contributed by atoms with Crippen LogP contribution >= 0.6 is 15.9 Å². The zero-order chi connectivity index (χ0) is 29.6. The topological polar surface area (TPSA) is 86.8 Å². The second kappa shape index (κ2) is 13.6. The Morgan fingerprint density at radius 3 is 2.29 bits per heavy atom. The summed E-state index contributed by atoms with van der Waals surface area (Å²) in [5.74, 6) is -1.38. The van der Waals surface area contributed by atoms with Gasteiger partial charge in [0.1, 0.15) is 18.4 Å². The first-order chi connectivity index (χ1) is 19.5. The first kappa shape index (κ1) is 30.7. The molecule has 3 aromatic carbocycles. The summed E-state index contributed by atoms with van der Waals surface area (Å²) in [5, 5.41) is 3.09. The van der Waals surface area contributed by atoms with Gasteiger partial charge in [-0.05, 0) is 80.8 Å². The molecule has 7 nitrogen and oxygen atoms in total. The van der Waals surface area contributed by atoms with Gasteiger partial charge in [0.15, 0.2) is 0 Å². The summed E-state index contributed by atoms with van der Waals surface area (Å²) < 4.78 is 43.1. The van der Waals surface area contributed by atoms with Crippen LogP contribution in [0.4, 0.5) is 10.1 Å². The number of anilines is 1. The summed E-state index contributed by atoms with van der Waals surface area (Å²) in [5.41, 5.74) is 1.99. The summed E-state index contributed by atoms with van der Waals surface area (Å²) in [4.78, 5) is 28.7. The van der Waals surface area contributed by atoms with Crippen LogP contribution in [0.15, 0.2) is 82.2 Å². The summed E-state index contributed by atoms with van der Waals surface area (Å²) >= 11 is 3.46. The lowest BCUT2D eigenvalue weighted by molar-refractivity contribution is -0.139. The van der Waals surface area contributed by atoms with E-state index in [2.05, 4.69) is 21.2 Å². The fraction of sp³-hybridized carbons (Fsp3) is 0.355. The number of amides is 2. The number of aryl methyl sites for hydroxylation is 1. The van der Waals surface area contributed by atoms with E-state index in [1.165, 1.54) is 17.0 Å². The maximum atomic E-state index is 14.0. The van der Waals surface area contributed by atoms with Crippen LogP contribution in [-0.4, -0.2) is 43.8 Å². The minimum Gasteiger partial charge on any atom is -0.352 e. The van der Waals surface area contributed by atoms with Crippen molar-refractivity contribution in [2.75, 3.05) is 10.8 Å². The number of carbonyl (C=O) groups excluding carboxylic acids is 2. The Morgan fingerprint density at radius 1 is 1.00 bits per heavy atom. The third-order valence-electron chi connectivity index (χ3n) is 7.36. The molecule has 0 radical (unpaired) electrons. The van der Waals surface area contributed by atoms with Crippen molar-refractivity contribution >= 4 is 43.5 Å². The number of hydrogen-bond acceptors (Lipinski definition) is 4. The molecule has 1 aliphatic carbocycles. The molecule has 4 rings (SSSR count). The highest BCUT2D eigenvalue weighted by Crippen LogP contribution is 2.26. The molecule has 1 fully saturated rings. The number of nitrogens with zero attached hydrogens (tertiary/aromatic N) is 2. The first-order valence-electron chi connectivity index (χ1n) is 13.7. The molecule has 10 heteroatoms. The van der Waals surface area contributed by atoms with Gasteiger partial charge < -0.3 is 10.2 Å². The smallest absolute Gasteiger partial charge is 0.264 e. The van der Waals surface area contributed by atoms with Crippen LogP contribution < -0.4 is 9.62 Å². The van der Waals surface area contributed by atoms with Gasteiger partial charge in [0.25, 0.3) is 10.0 Å². The lowest BCUT2D eigenvalue weighted by Gasteiger charge is -2.33. The van der Waals surface area contributed by atoms with Crippen LogP contribution in [0, 0.1) is 12.7 Å². The average molecular weight is 645 g/mol. The van der Waals surface area contributed by atoms with E-state index >= 15 is 0 Å². The van der Waals surface area contributed by atoms with Gasteiger partial charge in [-0.2, -0.15) is 0 Å². The predicted molar refractivity (Wildman–Crippen MR) is 161 cm³/mol. The van der Waals surface area contributed by atoms with Gasteiger partial charge in [-0.1, -0.05) is 65.0 Å². The molecule has 3 aromatic rings. The summed E-state index contributed by atoms with van der Waals surface area (Å²) in [6, 6.07) is 17.9. The SMILES string of the molecule is Cc1ccc(N(CC(=O)N(Cc2cccc(Br)c2)[C@@H](C)C(=O)NC2CCCCC2)S(=O)(=O)c2ccc(F)cc2)cc1. The Balaban J connectivity index is 1.67. The molecule has 0 saturated heterocycles. The molecular formula is C31H35BrFN3O4S. The maximum Gasteiger partial charge on any atom is 0.264 e. The fourth-order valence-electron chi connectivity index (χ4n) is 4.96. The minimum atomic E-state index is -4.25. The van der Waals surface area contributed by atoms with Gasteiger partial charge >= 0.3 is 0 Å². The number of hydrogen-bond donors (Lipinski definition) is 1. The molecule has 1 aliphatic rings. The van der Waals surface area contributed by atoms with Crippen molar-refractivity contribution in [1.82, 2.24) is 10.2 Å². The van der Waals surface area contributed by atoms with Crippen LogP contribution in [-0.2, 0) is 26.2 Å². The van der Waals surface area contributed by atoms with Crippen LogP contribution in [0.1, 0.15) is 50.2 Å². The normalized spacial score (nSPS) is 14.7. The standard InChI is InChI=1S/C31H35BrFN3O4S/c1-22-11-15-28(16-12-22)36(41(39,40)29-17-13-26(33)14-18-29)21-30(37)35(20-24-7-6-8-25(32)19-24)23(2)31(38)34-27-9-4-3-5-10-27/h6-8,11-19,23,27H,3-5,9-10,20-21H2,1-2H3,(H,34,38)/t23-/m0/s1. The van der Waals surface area contributed by atoms with Crippen molar-refractivity contribution in [2.24, 2.45) is 0 Å². The lowest BCUT2D eigenvalue weighted by atomic mass is 9.95. The Bertz CT molecular complexity index is 1460. The fourth-order valence-corrected chi connectivity index (χ4v) is 6.82. The Morgan fingerprint density at radius 2 is 1.66 bits per heavy atom. The van der Waals surface area contributed by atoms with Gasteiger partial charge in [-0.3, -0.25) is 13.9 Å². The van der Waals surface area contributed by atoms with Gasteiger partial charge in [-0.25, -0.2) is 12.8 Å². The van der Waals surface area contributed by atoms with E-state index in [9.17, 15) is 22.4 Å². The van der Waals surface area contributed by atoms with Crippen LogP contribution in [0.25, 0.3) is 0 Å². The number of benzene rings is 3. The van der Waals surface area contributed by atoms with Crippen molar-refractivity contribution in [3.8, 4) is 0 Å². The molecule has 1 atom stereocenters. The molecular weight excluding hydrogens is 609 g/mol. The third kappa shape index (κ3) is 7.95. The lowest BCUT2D eigenvalue weighted by Crippen LogP contribution is -2.53. The maximum absolute atomic E-state index is 14.0. The van der Waals surface area contributed by atoms with E-state index < -0.39 is 34.3 Å². The molecule has 0 spiro atoms. The molecule has 41 heavy (non-hydrogen) atoms. The van der Waals surface area contributed by atoms with E-state index in [1.54, 1.807) is 31.2 Å². The number of carbonyl (C=O) groups is 2. The second-order valence-electron chi connectivity index (χ2n) is 10.5. The molecule has 0 unspecified atom stereocenters. The van der Waals surface area contributed by atoms with Crippen molar-refractivity contribution < 1.29 is 22.4 Å². The molecule has 1 saturated carbocycles. The van der Waals surface area contributed by atoms with Gasteiger partial charge in [0, 0.05) is 17.1 Å². The largest absolute Gasteiger partial charge is 0.352 e. The van der Waals surface area contributed by atoms with Gasteiger partial charge in [0.2, 0.25) is 11.8 Å². The number of sulfonamides is 1. The highest BCUT2D eigenvalue weighted by Gasteiger charge is 2.33. The van der Waals surface area contributed by atoms with Crippen LogP contribution in [0.5, 0.6) is 0 Å². The van der Waals surface area contributed by atoms with Crippen molar-refractivity contribution in [3.05, 3.63) is 94.2 Å². The molecule has 1 N–H and O–H groups in total. The van der Waals surface area contributed by atoms with Crippen LogP contribution in [0.3, 0.4) is 0 Å². The molecule has 218 valence electrons. The van der Waals surface area contributed by atoms with Crippen molar-refractivity contribution in [3.63, 3.8) is 0 Å². The zero-order valence-corrected chi connectivity index (χ0v) is 25.6. The minimum absolute atomic E-state index is 0.0597. The highest BCUT2D eigenvalue weighted by molar-refractivity contribution is 9.10. The Kier molecular flexibility index (Phi) is 10.2. The molecule has 0 bridgehead atoms. The predicted octanol–water partition coefficient (Wildman–Crippen LogP) is 5.96. The van der Waals surface area contributed by atoms with E-state index in [0.717, 1.165) is 64.1 Å². The van der Waals surface area contributed by atoms with Crippen molar-refractivity contribution in [1.29, 1.82) is 0 Å². The Labute approximate surface area is 249 Å². The number of halogens is 2. The quantitative estimate of drug-likeness (QED) is 0.295. The van der Waals surface area contributed by atoms with E-state index in [4.69, 9.17) is 0 Å². The van der Waals surface area contributed by atoms with E-state index in [0.29, 0.717) is 0 Å². The molecule has 0 aromatic heterocycles. The Hall–Kier alpha value is -3.24. The summed E-state index contributed by atoms with van der Waals surface area (Å²) in [6.45, 7) is 3.10. The summed E-state index contributed by atoms with van der Waals surface area (Å²) in [7, 11) is -4.25. The average Bonchev–Trinajstić information content (AvgIpc) is 2.95. The summed E-state index contributed by atoms with van der Waals surface area (Å²) in [6.07, 6.45) is 5.04. The van der Waals surface area contributed by atoms with Gasteiger partial charge in [0.05, 0.1) is 10.6 Å².